The summed E-state index contributed by atoms with van der Waals surface area (Å²) in [6.07, 6.45) is 5.67. The summed E-state index contributed by atoms with van der Waals surface area (Å²) in [7, 11) is 0. The standard InChI is InChI=1S/C15H25NO/c1-3-5-9-15(4-2,12-16)11-13-7-6-8-14(17)10-13/h6-8,10,17H,3-5,9,11-12,16H2,1-2H3. The van der Waals surface area contributed by atoms with Gasteiger partial charge in [-0.1, -0.05) is 38.8 Å². The van der Waals surface area contributed by atoms with E-state index in [1.165, 1.54) is 24.8 Å². The predicted octanol–water partition coefficient (Wildman–Crippen LogP) is 3.48. The van der Waals surface area contributed by atoms with Crippen molar-refractivity contribution < 1.29 is 5.11 Å². The molecule has 96 valence electrons. The van der Waals surface area contributed by atoms with Crippen molar-refractivity contribution in [2.45, 2.75) is 46.0 Å². The normalized spacial score (nSPS) is 14.5. The number of hydrogen-bond acceptors (Lipinski definition) is 2. The quantitative estimate of drug-likeness (QED) is 0.760. The molecule has 0 saturated carbocycles. The fourth-order valence-corrected chi connectivity index (χ4v) is 2.36. The van der Waals surface area contributed by atoms with Gasteiger partial charge in [-0.15, -0.1) is 0 Å². The molecule has 2 heteroatoms. The third-order valence-electron chi connectivity index (χ3n) is 3.73. The van der Waals surface area contributed by atoms with E-state index >= 15 is 0 Å². The fraction of sp³-hybridized carbons (Fsp3) is 0.600. The highest BCUT2D eigenvalue weighted by atomic mass is 16.3. The second-order valence-corrected chi connectivity index (χ2v) is 5.01. The van der Waals surface area contributed by atoms with E-state index in [2.05, 4.69) is 19.9 Å². The Kier molecular flexibility index (Phi) is 5.49. The van der Waals surface area contributed by atoms with Crippen LogP contribution in [0, 0.1) is 5.41 Å². The minimum Gasteiger partial charge on any atom is -0.508 e. The molecule has 1 atom stereocenters. The van der Waals surface area contributed by atoms with Gasteiger partial charge in [0.15, 0.2) is 0 Å². The molecule has 0 radical (unpaired) electrons. The summed E-state index contributed by atoms with van der Waals surface area (Å²) < 4.78 is 0. The van der Waals surface area contributed by atoms with Gasteiger partial charge < -0.3 is 10.8 Å². The van der Waals surface area contributed by atoms with E-state index in [0.29, 0.717) is 5.75 Å². The van der Waals surface area contributed by atoms with Crippen LogP contribution in [0.3, 0.4) is 0 Å². The Morgan fingerprint density at radius 1 is 1.29 bits per heavy atom. The third-order valence-corrected chi connectivity index (χ3v) is 3.73. The summed E-state index contributed by atoms with van der Waals surface area (Å²) in [5, 5.41) is 9.50. The predicted molar refractivity (Wildman–Crippen MR) is 73.1 cm³/mol. The maximum atomic E-state index is 9.50. The molecule has 1 aromatic rings. The molecule has 0 aliphatic carbocycles. The van der Waals surface area contributed by atoms with Gasteiger partial charge in [-0.2, -0.15) is 0 Å². The zero-order valence-corrected chi connectivity index (χ0v) is 11.1. The number of nitrogens with two attached hydrogens (primary N) is 1. The zero-order chi connectivity index (χ0) is 12.7. The fourth-order valence-electron chi connectivity index (χ4n) is 2.36. The number of unbranched alkanes of at least 4 members (excludes halogenated alkanes) is 1. The molecule has 0 amide bonds. The molecule has 0 aliphatic heterocycles. The number of phenols is 1. The van der Waals surface area contributed by atoms with Crippen LogP contribution >= 0.6 is 0 Å². The van der Waals surface area contributed by atoms with Crippen molar-refractivity contribution in [3.05, 3.63) is 29.8 Å². The maximum Gasteiger partial charge on any atom is 0.115 e. The molecule has 1 aromatic carbocycles. The van der Waals surface area contributed by atoms with E-state index in [-0.39, 0.29) is 5.41 Å². The van der Waals surface area contributed by atoms with Crippen molar-refractivity contribution in [1.29, 1.82) is 0 Å². The highest BCUT2D eigenvalue weighted by Crippen LogP contribution is 2.32. The Hall–Kier alpha value is -1.02. The lowest BCUT2D eigenvalue weighted by molar-refractivity contribution is 0.251. The Morgan fingerprint density at radius 2 is 2.06 bits per heavy atom. The second-order valence-electron chi connectivity index (χ2n) is 5.01. The molecule has 3 N–H and O–H groups in total. The van der Waals surface area contributed by atoms with Crippen LogP contribution in [0.25, 0.3) is 0 Å². The van der Waals surface area contributed by atoms with Gasteiger partial charge in [-0.05, 0) is 48.9 Å². The third kappa shape index (κ3) is 4.04. The zero-order valence-electron chi connectivity index (χ0n) is 11.1. The summed E-state index contributed by atoms with van der Waals surface area (Å²) in [6.45, 7) is 5.15. The molecule has 0 saturated heterocycles. The lowest BCUT2D eigenvalue weighted by Gasteiger charge is -2.31. The summed E-state index contributed by atoms with van der Waals surface area (Å²) in [5.41, 5.74) is 7.37. The minimum absolute atomic E-state index is 0.198. The van der Waals surface area contributed by atoms with Crippen molar-refractivity contribution in [2.75, 3.05) is 6.54 Å². The van der Waals surface area contributed by atoms with Gasteiger partial charge in [-0.3, -0.25) is 0 Å². The Bertz CT molecular complexity index is 331. The SMILES string of the molecule is CCCCC(CC)(CN)Cc1cccc(O)c1. The minimum atomic E-state index is 0.198. The molecular formula is C15H25NO. The van der Waals surface area contributed by atoms with Crippen LogP contribution in [-0.4, -0.2) is 11.7 Å². The molecule has 0 aliphatic rings. The van der Waals surface area contributed by atoms with Crippen LogP contribution < -0.4 is 5.73 Å². The number of benzene rings is 1. The number of rotatable bonds is 7. The van der Waals surface area contributed by atoms with Crippen LogP contribution in [0.5, 0.6) is 5.75 Å². The van der Waals surface area contributed by atoms with E-state index in [1.807, 2.05) is 12.1 Å². The van der Waals surface area contributed by atoms with Crippen molar-refractivity contribution in [3.8, 4) is 5.75 Å². The van der Waals surface area contributed by atoms with Crippen LogP contribution in [0.4, 0.5) is 0 Å². The topological polar surface area (TPSA) is 46.2 Å². The van der Waals surface area contributed by atoms with Crippen molar-refractivity contribution in [1.82, 2.24) is 0 Å². The summed E-state index contributed by atoms with van der Waals surface area (Å²) >= 11 is 0. The van der Waals surface area contributed by atoms with E-state index in [1.54, 1.807) is 6.07 Å². The molecule has 1 unspecified atom stereocenters. The first-order valence-electron chi connectivity index (χ1n) is 6.64. The Labute approximate surface area is 105 Å². The largest absolute Gasteiger partial charge is 0.508 e. The van der Waals surface area contributed by atoms with Crippen LogP contribution in [0.15, 0.2) is 24.3 Å². The molecular weight excluding hydrogens is 210 g/mol. The first-order chi connectivity index (χ1) is 8.15. The molecule has 0 aromatic heterocycles. The highest BCUT2D eigenvalue weighted by molar-refractivity contribution is 5.28. The first kappa shape index (κ1) is 14.0. The molecule has 0 heterocycles. The monoisotopic (exact) mass is 235 g/mol. The van der Waals surface area contributed by atoms with Crippen molar-refractivity contribution in [3.63, 3.8) is 0 Å². The number of hydrogen-bond donors (Lipinski definition) is 2. The van der Waals surface area contributed by atoms with Gasteiger partial charge in [0.2, 0.25) is 0 Å². The van der Waals surface area contributed by atoms with E-state index in [0.717, 1.165) is 19.4 Å². The lowest BCUT2D eigenvalue weighted by atomic mass is 9.75. The van der Waals surface area contributed by atoms with Gasteiger partial charge >= 0.3 is 0 Å². The number of aromatic hydroxyl groups is 1. The summed E-state index contributed by atoms with van der Waals surface area (Å²) in [5.74, 6) is 0.347. The molecule has 2 nitrogen and oxygen atoms in total. The van der Waals surface area contributed by atoms with Gasteiger partial charge in [0.1, 0.15) is 5.75 Å². The second kappa shape index (κ2) is 6.65. The summed E-state index contributed by atoms with van der Waals surface area (Å²) in [4.78, 5) is 0. The van der Waals surface area contributed by atoms with E-state index in [4.69, 9.17) is 5.73 Å². The highest BCUT2D eigenvalue weighted by Gasteiger charge is 2.26. The average molecular weight is 235 g/mol. The lowest BCUT2D eigenvalue weighted by Crippen LogP contribution is -2.32. The molecule has 0 fully saturated rings. The number of phenolic OH excluding ortho intramolecular Hbond substituents is 1. The van der Waals surface area contributed by atoms with Crippen LogP contribution in [0.1, 0.15) is 45.1 Å². The first-order valence-corrected chi connectivity index (χ1v) is 6.64. The van der Waals surface area contributed by atoms with Gasteiger partial charge in [0.25, 0.3) is 0 Å². The van der Waals surface area contributed by atoms with E-state index < -0.39 is 0 Å². The van der Waals surface area contributed by atoms with Crippen LogP contribution in [0.2, 0.25) is 0 Å². The van der Waals surface area contributed by atoms with Gasteiger partial charge in [0.05, 0.1) is 0 Å². The molecule has 0 bridgehead atoms. The maximum absolute atomic E-state index is 9.50. The molecule has 1 rings (SSSR count). The smallest absolute Gasteiger partial charge is 0.115 e. The van der Waals surface area contributed by atoms with E-state index in [9.17, 15) is 5.11 Å². The Balaban J connectivity index is 2.78. The van der Waals surface area contributed by atoms with Gasteiger partial charge in [0, 0.05) is 0 Å². The molecule has 17 heavy (non-hydrogen) atoms. The van der Waals surface area contributed by atoms with Crippen molar-refractivity contribution >= 4 is 0 Å². The van der Waals surface area contributed by atoms with Crippen molar-refractivity contribution in [2.24, 2.45) is 11.1 Å². The van der Waals surface area contributed by atoms with Crippen LogP contribution in [-0.2, 0) is 6.42 Å². The molecule has 0 spiro atoms. The summed E-state index contributed by atoms with van der Waals surface area (Å²) in [6, 6.07) is 7.55. The Morgan fingerprint density at radius 3 is 2.59 bits per heavy atom. The average Bonchev–Trinajstić information content (AvgIpc) is 2.35. The van der Waals surface area contributed by atoms with Gasteiger partial charge in [-0.25, -0.2) is 0 Å².